The van der Waals surface area contributed by atoms with Crippen LogP contribution in [0.1, 0.15) is 37.8 Å². The molecule has 4 nitrogen and oxygen atoms in total. The number of carbonyl (C=O) groups is 1. The minimum atomic E-state index is -0.117. The van der Waals surface area contributed by atoms with Crippen molar-refractivity contribution in [2.24, 2.45) is 5.73 Å². The minimum absolute atomic E-state index is 0.0420. The Kier molecular flexibility index (Phi) is 7.92. The van der Waals surface area contributed by atoms with Crippen LogP contribution in [0, 0.1) is 0 Å². The molecule has 0 bridgehead atoms. The minimum Gasteiger partial charge on any atom is -0.351 e. The Morgan fingerprint density at radius 1 is 1.30 bits per heavy atom. The first-order chi connectivity index (χ1) is 9.69. The summed E-state index contributed by atoms with van der Waals surface area (Å²) in [7, 11) is 0. The fourth-order valence-electron chi connectivity index (χ4n) is 2.10. The molecule has 0 aliphatic carbocycles. The van der Waals surface area contributed by atoms with Crippen molar-refractivity contribution in [3.05, 3.63) is 35.4 Å². The predicted molar refractivity (Wildman–Crippen MR) is 83.2 cm³/mol. The lowest BCUT2D eigenvalue weighted by Gasteiger charge is -2.20. The second kappa shape index (κ2) is 9.50. The Labute approximate surface area is 122 Å². The molecule has 0 unspecified atom stereocenters. The van der Waals surface area contributed by atoms with Crippen LogP contribution in [0.25, 0.3) is 0 Å². The van der Waals surface area contributed by atoms with E-state index in [0.29, 0.717) is 6.54 Å². The number of hydrogen-bond donors (Lipinski definition) is 2. The van der Waals surface area contributed by atoms with E-state index in [0.717, 1.165) is 25.2 Å². The summed E-state index contributed by atoms with van der Waals surface area (Å²) in [5, 5.41) is 2.80. The monoisotopic (exact) mass is 277 g/mol. The standard InChI is InChI=1S/C16H27N3O/c1-3-5-9-19(4-2)13-15-8-6-7-14(10-15)12-18-16(20)11-17/h6-8,10H,3-5,9,11-13,17H2,1-2H3,(H,18,20). The highest BCUT2D eigenvalue weighted by atomic mass is 16.1. The van der Waals surface area contributed by atoms with Crippen LogP contribution >= 0.6 is 0 Å². The van der Waals surface area contributed by atoms with Gasteiger partial charge < -0.3 is 11.1 Å². The zero-order chi connectivity index (χ0) is 14.8. The maximum atomic E-state index is 11.2. The molecular weight excluding hydrogens is 250 g/mol. The van der Waals surface area contributed by atoms with Crippen molar-refractivity contribution in [1.29, 1.82) is 0 Å². The largest absolute Gasteiger partial charge is 0.351 e. The Morgan fingerprint density at radius 2 is 2.05 bits per heavy atom. The number of benzene rings is 1. The number of hydrogen-bond acceptors (Lipinski definition) is 3. The molecule has 20 heavy (non-hydrogen) atoms. The number of carbonyl (C=O) groups excluding carboxylic acids is 1. The van der Waals surface area contributed by atoms with Crippen LogP contribution in [0.5, 0.6) is 0 Å². The molecule has 0 saturated heterocycles. The fraction of sp³-hybridized carbons (Fsp3) is 0.562. The van der Waals surface area contributed by atoms with Gasteiger partial charge in [-0.2, -0.15) is 0 Å². The van der Waals surface area contributed by atoms with Gasteiger partial charge in [0.2, 0.25) is 5.91 Å². The summed E-state index contributed by atoms with van der Waals surface area (Å²) in [4.78, 5) is 13.6. The van der Waals surface area contributed by atoms with Crippen LogP contribution in [0.15, 0.2) is 24.3 Å². The number of nitrogens with two attached hydrogens (primary N) is 1. The van der Waals surface area contributed by atoms with E-state index in [9.17, 15) is 4.79 Å². The van der Waals surface area contributed by atoms with Crippen LogP contribution in [0.2, 0.25) is 0 Å². The topological polar surface area (TPSA) is 58.4 Å². The molecule has 1 rings (SSSR count). The van der Waals surface area contributed by atoms with Crippen molar-refractivity contribution in [3.63, 3.8) is 0 Å². The van der Waals surface area contributed by atoms with Crippen molar-refractivity contribution >= 4 is 5.91 Å². The lowest BCUT2D eigenvalue weighted by molar-refractivity contribution is -0.119. The highest BCUT2D eigenvalue weighted by Crippen LogP contribution is 2.09. The van der Waals surface area contributed by atoms with Gasteiger partial charge in [0.25, 0.3) is 0 Å². The van der Waals surface area contributed by atoms with Gasteiger partial charge in [-0.15, -0.1) is 0 Å². The summed E-state index contributed by atoms with van der Waals surface area (Å²) in [6.45, 7) is 8.17. The van der Waals surface area contributed by atoms with Crippen molar-refractivity contribution in [3.8, 4) is 0 Å². The molecule has 0 heterocycles. The SMILES string of the molecule is CCCCN(CC)Cc1cccc(CNC(=O)CN)c1. The van der Waals surface area contributed by atoms with E-state index in [-0.39, 0.29) is 12.5 Å². The summed E-state index contributed by atoms with van der Waals surface area (Å²) in [5.41, 5.74) is 7.69. The highest BCUT2D eigenvalue weighted by molar-refractivity contribution is 5.77. The van der Waals surface area contributed by atoms with Gasteiger partial charge in [-0.1, -0.05) is 44.5 Å². The van der Waals surface area contributed by atoms with Gasteiger partial charge in [0.05, 0.1) is 6.54 Å². The lowest BCUT2D eigenvalue weighted by atomic mass is 10.1. The average Bonchev–Trinajstić information content (AvgIpc) is 2.49. The second-order valence-electron chi connectivity index (χ2n) is 5.02. The molecule has 0 aliphatic rings. The summed E-state index contributed by atoms with van der Waals surface area (Å²) >= 11 is 0. The normalized spacial score (nSPS) is 10.8. The van der Waals surface area contributed by atoms with Gasteiger partial charge in [0, 0.05) is 13.1 Å². The summed E-state index contributed by atoms with van der Waals surface area (Å²) in [6.07, 6.45) is 2.46. The number of nitrogens with one attached hydrogen (secondary N) is 1. The molecule has 1 amide bonds. The third-order valence-corrected chi connectivity index (χ3v) is 3.35. The third kappa shape index (κ3) is 6.17. The zero-order valence-electron chi connectivity index (χ0n) is 12.7. The Balaban J connectivity index is 2.55. The fourth-order valence-corrected chi connectivity index (χ4v) is 2.10. The molecule has 1 aromatic rings. The van der Waals surface area contributed by atoms with Crippen molar-refractivity contribution in [2.45, 2.75) is 39.8 Å². The van der Waals surface area contributed by atoms with Gasteiger partial charge >= 0.3 is 0 Å². The molecule has 0 saturated carbocycles. The van der Waals surface area contributed by atoms with E-state index in [1.807, 2.05) is 12.1 Å². The molecular formula is C16H27N3O. The van der Waals surface area contributed by atoms with Crippen molar-refractivity contribution < 1.29 is 4.79 Å². The van der Waals surface area contributed by atoms with Gasteiger partial charge in [-0.05, 0) is 30.6 Å². The number of rotatable bonds is 9. The Bertz CT molecular complexity index is 406. The van der Waals surface area contributed by atoms with Crippen molar-refractivity contribution in [1.82, 2.24) is 10.2 Å². The van der Waals surface area contributed by atoms with E-state index in [1.54, 1.807) is 0 Å². The molecule has 0 spiro atoms. The van der Waals surface area contributed by atoms with Crippen LogP contribution in [0.4, 0.5) is 0 Å². The molecule has 3 N–H and O–H groups in total. The lowest BCUT2D eigenvalue weighted by Crippen LogP contribution is -2.29. The molecule has 0 radical (unpaired) electrons. The van der Waals surface area contributed by atoms with Crippen molar-refractivity contribution in [2.75, 3.05) is 19.6 Å². The maximum Gasteiger partial charge on any atom is 0.234 e. The van der Waals surface area contributed by atoms with E-state index in [2.05, 4.69) is 36.2 Å². The van der Waals surface area contributed by atoms with E-state index < -0.39 is 0 Å². The van der Waals surface area contributed by atoms with Gasteiger partial charge in [-0.25, -0.2) is 0 Å². The van der Waals surface area contributed by atoms with Crippen LogP contribution in [0.3, 0.4) is 0 Å². The van der Waals surface area contributed by atoms with Crippen LogP contribution < -0.4 is 11.1 Å². The van der Waals surface area contributed by atoms with Gasteiger partial charge in [0.1, 0.15) is 0 Å². The first-order valence-electron chi connectivity index (χ1n) is 7.46. The van der Waals surface area contributed by atoms with Crippen LogP contribution in [-0.2, 0) is 17.9 Å². The van der Waals surface area contributed by atoms with E-state index in [1.165, 1.54) is 18.4 Å². The van der Waals surface area contributed by atoms with Gasteiger partial charge in [-0.3, -0.25) is 9.69 Å². The average molecular weight is 277 g/mol. The number of unbranched alkanes of at least 4 members (excludes halogenated alkanes) is 1. The van der Waals surface area contributed by atoms with Crippen LogP contribution in [-0.4, -0.2) is 30.4 Å². The summed E-state index contributed by atoms with van der Waals surface area (Å²) in [6, 6.07) is 8.38. The highest BCUT2D eigenvalue weighted by Gasteiger charge is 2.04. The first-order valence-corrected chi connectivity index (χ1v) is 7.46. The Morgan fingerprint density at radius 3 is 2.70 bits per heavy atom. The second-order valence-corrected chi connectivity index (χ2v) is 5.02. The maximum absolute atomic E-state index is 11.2. The van der Waals surface area contributed by atoms with Gasteiger partial charge in [0.15, 0.2) is 0 Å². The number of amides is 1. The smallest absolute Gasteiger partial charge is 0.234 e. The molecule has 112 valence electrons. The van der Waals surface area contributed by atoms with E-state index >= 15 is 0 Å². The molecule has 1 aromatic carbocycles. The quantitative estimate of drug-likeness (QED) is 0.724. The summed E-state index contributed by atoms with van der Waals surface area (Å²) in [5.74, 6) is -0.117. The first kappa shape index (κ1) is 16.7. The molecule has 0 fully saturated rings. The third-order valence-electron chi connectivity index (χ3n) is 3.35. The van der Waals surface area contributed by atoms with E-state index in [4.69, 9.17) is 5.73 Å². The molecule has 0 aliphatic heterocycles. The number of nitrogens with zero attached hydrogens (tertiary/aromatic N) is 1. The zero-order valence-corrected chi connectivity index (χ0v) is 12.7. The summed E-state index contributed by atoms with van der Waals surface area (Å²) < 4.78 is 0. The molecule has 4 heteroatoms. The molecule has 0 atom stereocenters. The Hall–Kier alpha value is -1.39. The molecule has 0 aromatic heterocycles. The predicted octanol–water partition coefficient (Wildman–Crippen LogP) is 1.88.